The van der Waals surface area contributed by atoms with Gasteiger partial charge in [-0.25, -0.2) is 4.79 Å². The van der Waals surface area contributed by atoms with Crippen LogP contribution in [0, 0.1) is 0 Å². The van der Waals surface area contributed by atoms with Crippen molar-refractivity contribution in [2.24, 2.45) is 0 Å². The van der Waals surface area contributed by atoms with E-state index in [0.29, 0.717) is 13.0 Å². The summed E-state index contributed by atoms with van der Waals surface area (Å²) in [5.41, 5.74) is 3.02. The number of alkyl halides is 3. The molecule has 2 rings (SSSR count). The first-order valence-corrected chi connectivity index (χ1v) is 7.65. The van der Waals surface area contributed by atoms with Crippen molar-refractivity contribution in [2.75, 3.05) is 13.2 Å². The first-order valence-electron chi connectivity index (χ1n) is 7.65. The van der Waals surface area contributed by atoms with Crippen LogP contribution in [0.5, 0.6) is 0 Å². The fourth-order valence-electron chi connectivity index (χ4n) is 2.65. The summed E-state index contributed by atoms with van der Waals surface area (Å²) in [5, 5.41) is 1.23. The smallest absolute Gasteiger partial charge is 0.309 e. The van der Waals surface area contributed by atoms with Crippen molar-refractivity contribution in [3.63, 3.8) is 0 Å². The number of hydrazine groups is 1. The molecule has 1 unspecified atom stereocenters. The summed E-state index contributed by atoms with van der Waals surface area (Å²) in [6.07, 6.45) is -2.65. The van der Waals surface area contributed by atoms with Crippen LogP contribution in [0.4, 0.5) is 18.0 Å². The molecule has 2 heterocycles. The van der Waals surface area contributed by atoms with Crippen molar-refractivity contribution in [1.29, 1.82) is 0 Å². The lowest BCUT2D eigenvalue weighted by Gasteiger charge is -2.29. The van der Waals surface area contributed by atoms with Crippen molar-refractivity contribution in [2.45, 2.75) is 50.9 Å². The minimum Gasteiger partial charge on any atom is -0.309 e. The van der Waals surface area contributed by atoms with E-state index in [-0.39, 0.29) is 19.0 Å². The minimum atomic E-state index is -5.10. The molecule has 2 bridgehead atoms. The van der Waals surface area contributed by atoms with Crippen molar-refractivity contribution in [3.05, 3.63) is 0 Å². The molecule has 0 saturated carbocycles. The predicted octanol–water partition coefficient (Wildman–Crippen LogP) is 0.696. The van der Waals surface area contributed by atoms with Gasteiger partial charge in [0.1, 0.15) is 6.04 Å². The largest absolute Gasteiger partial charge is 0.472 e. The molecule has 136 valence electrons. The SMILES string of the molecule is CCCCON1C(=O)N2CC1CC[C@H]2C(=O)NNC(=O)C(F)(F)F. The molecule has 2 aliphatic rings. The average Bonchev–Trinajstić information content (AvgIpc) is 2.76. The maximum Gasteiger partial charge on any atom is 0.472 e. The number of hydrogen-bond acceptors (Lipinski definition) is 4. The van der Waals surface area contributed by atoms with Crippen molar-refractivity contribution >= 4 is 17.8 Å². The van der Waals surface area contributed by atoms with E-state index in [1.165, 1.54) is 15.4 Å². The summed E-state index contributed by atoms with van der Waals surface area (Å²) in [6, 6.07) is -1.61. The van der Waals surface area contributed by atoms with Gasteiger partial charge < -0.3 is 4.90 Å². The number of rotatable bonds is 5. The number of amides is 4. The van der Waals surface area contributed by atoms with Gasteiger partial charge in [0, 0.05) is 6.54 Å². The number of urea groups is 1. The fourth-order valence-corrected chi connectivity index (χ4v) is 2.65. The third-order valence-electron chi connectivity index (χ3n) is 3.91. The summed E-state index contributed by atoms with van der Waals surface area (Å²) in [4.78, 5) is 41.6. The van der Waals surface area contributed by atoms with Gasteiger partial charge in [0.2, 0.25) is 0 Å². The molecule has 8 nitrogen and oxygen atoms in total. The average molecular weight is 352 g/mol. The maximum atomic E-state index is 12.3. The molecule has 2 aliphatic heterocycles. The highest BCUT2D eigenvalue weighted by molar-refractivity contribution is 5.90. The molecule has 11 heteroatoms. The van der Waals surface area contributed by atoms with Crippen LogP contribution in [0.25, 0.3) is 0 Å². The molecule has 4 amide bonds. The van der Waals surface area contributed by atoms with Crippen LogP contribution in [0.2, 0.25) is 0 Å². The van der Waals surface area contributed by atoms with Crippen LogP contribution >= 0.6 is 0 Å². The predicted molar refractivity (Wildman–Crippen MR) is 74.0 cm³/mol. The highest BCUT2D eigenvalue weighted by atomic mass is 19.4. The number of hydrogen-bond donors (Lipinski definition) is 2. The second-order valence-corrected chi connectivity index (χ2v) is 5.64. The van der Waals surface area contributed by atoms with E-state index in [1.54, 1.807) is 5.43 Å². The molecule has 0 spiro atoms. The Hall–Kier alpha value is -2.04. The number of nitrogens with zero attached hydrogens (tertiary/aromatic N) is 2. The van der Waals surface area contributed by atoms with Crippen LogP contribution in [0.15, 0.2) is 0 Å². The van der Waals surface area contributed by atoms with Crippen molar-refractivity contribution in [1.82, 2.24) is 20.8 Å². The van der Waals surface area contributed by atoms with E-state index in [0.717, 1.165) is 12.8 Å². The molecule has 0 aromatic carbocycles. The molecule has 0 radical (unpaired) electrons. The lowest BCUT2D eigenvalue weighted by molar-refractivity contribution is -0.175. The molecule has 2 atom stereocenters. The number of carbonyl (C=O) groups is 3. The minimum absolute atomic E-state index is 0.178. The number of nitrogens with one attached hydrogen (secondary N) is 2. The van der Waals surface area contributed by atoms with Gasteiger partial charge in [0.15, 0.2) is 0 Å². The van der Waals surface area contributed by atoms with E-state index in [1.807, 2.05) is 6.92 Å². The number of halogens is 3. The van der Waals surface area contributed by atoms with Crippen LogP contribution in [-0.2, 0) is 14.4 Å². The van der Waals surface area contributed by atoms with Gasteiger partial charge in [-0.2, -0.15) is 18.2 Å². The van der Waals surface area contributed by atoms with Gasteiger partial charge >= 0.3 is 18.1 Å². The number of piperidine rings is 1. The Kier molecular flexibility index (Phi) is 5.52. The Bertz CT molecular complexity index is 514. The van der Waals surface area contributed by atoms with Gasteiger partial charge in [0.25, 0.3) is 5.91 Å². The molecular formula is C13H19F3N4O4. The zero-order chi connectivity index (χ0) is 17.9. The molecule has 24 heavy (non-hydrogen) atoms. The summed E-state index contributed by atoms with van der Waals surface area (Å²) in [6.45, 7) is 2.62. The highest BCUT2D eigenvalue weighted by Gasteiger charge is 2.48. The number of carbonyl (C=O) groups excluding carboxylic acids is 3. The van der Waals surface area contributed by atoms with Crippen LogP contribution in [0.3, 0.4) is 0 Å². The third-order valence-corrected chi connectivity index (χ3v) is 3.91. The summed E-state index contributed by atoms with van der Waals surface area (Å²) < 4.78 is 36.3. The van der Waals surface area contributed by atoms with E-state index >= 15 is 0 Å². The molecule has 0 aromatic heterocycles. The third kappa shape index (κ3) is 3.89. The highest BCUT2D eigenvalue weighted by Crippen LogP contribution is 2.30. The van der Waals surface area contributed by atoms with E-state index in [2.05, 4.69) is 0 Å². The number of fused-ring (bicyclic) bond motifs is 2. The first-order chi connectivity index (χ1) is 11.3. The van der Waals surface area contributed by atoms with E-state index in [9.17, 15) is 27.6 Å². The molecule has 0 aromatic rings. The van der Waals surface area contributed by atoms with Crippen molar-refractivity contribution < 1.29 is 32.4 Å². The van der Waals surface area contributed by atoms with Gasteiger partial charge in [-0.05, 0) is 19.3 Å². The van der Waals surface area contributed by atoms with Gasteiger partial charge in [0.05, 0.1) is 12.6 Å². The zero-order valence-electron chi connectivity index (χ0n) is 13.1. The van der Waals surface area contributed by atoms with Crippen LogP contribution in [-0.4, -0.2) is 59.2 Å². The Morgan fingerprint density at radius 2 is 2.00 bits per heavy atom. The summed E-state index contributed by atoms with van der Waals surface area (Å²) >= 11 is 0. The monoisotopic (exact) mass is 352 g/mol. The number of unbranched alkanes of at least 4 members (excludes halogenated alkanes) is 1. The Labute approximate surface area is 136 Å². The topological polar surface area (TPSA) is 91.0 Å². The van der Waals surface area contributed by atoms with Crippen LogP contribution in [0.1, 0.15) is 32.6 Å². The molecule has 2 fully saturated rings. The van der Waals surface area contributed by atoms with Crippen LogP contribution < -0.4 is 10.9 Å². The van der Waals surface area contributed by atoms with E-state index < -0.39 is 30.1 Å². The Balaban J connectivity index is 1.91. The summed E-state index contributed by atoms with van der Waals surface area (Å²) in [7, 11) is 0. The molecular weight excluding hydrogens is 333 g/mol. The summed E-state index contributed by atoms with van der Waals surface area (Å²) in [5.74, 6) is -3.14. The second kappa shape index (κ2) is 7.24. The maximum absolute atomic E-state index is 12.3. The Morgan fingerprint density at radius 1 is 1.29 bits per heavy atom. The number of hydroxylamine groups is 2. The van der Waals surface area contributed by atoms with E-state index in [4.69, 9.17) is 4.84 Å². The van der Waals surface area contributed by atoms with Gasteiger partial charge in [-0.1, -0.05) is 13.3 Å². The molecule has 2 saturated heterocycles. The van der Waals surface area contributed by atoms with Gasteiger partial charge in [-0.3, -0.25) is 25.3 Å². The molecule has 0 aliphatic carbocycles. The fraction of sp³-hybridized carbons (Fsp3) is 0.769. The lowest BCUT2D eigenvalue weighted by Crippen LogP contribution is -2.56. The zero-order valence-corrected chi connectivity index (χ0v) is 13.1. The first kappa shape index (κ1) is 18.3. The van der Waals surface area contributed by atoms with Crippen molar-refractivity contribution in [3.8, 4) is 0 Å². The lowest BCUT2D eigenvalue weighted by atomic mass is 10.0. The van der Waals surface area contributed by atoms with Gasteiger partial charge in [-0.15, -0.1) is 0 Å². The Morgan fingerprint density at radius 3 is 2.62 bits per heavy atom. The quantitative estimate of drug-likeness (QED) is 0.563. The second-order valence-electron chi connectivity index (χ2n) is 5.64. The normalized spacial score (nSPS) is 23.4. The molecule has 2 N–H and O–H groups in total. The standard InChI is InChI=1S/C13H19F3N4O4/c1-2-3-6-24-20-8-4-5-9(19(7-8)12(20)23)10(21)17-18-11(22)13(14,15)16/h8-9H,2-7H2,1H3,(H,17,21)(H,18,22)/t8?,9-/m0/s1.